The largest absolute Gasteiger partial charge is 0.481 e. The number of ether oxygens (including phenoxy) is 1. The lowest BCUT2D eigenvalue weighted by Crippen LogP contribution is -2.50. The highest BCUT2D eigenvalue weighted by Crippen LogP contribution is 2.05. The molecule has 0 aromatic carbocycles. The van der Waals surface area contributed by atoms with Gasteiger partial charge in [0.2, 0.25) is 5.91 Å². The maximum atomic E-state index is 11.7. The molecule has 1 fully saturated rings. The zero-order valence-electron chi connectivity index (χ0n) is 11.0. The number of hydrogen-bond acceptors (Lipinski definition) is 5. The van der Waals surface area contributed by atoms with Crippen molar-refractivity contribution >= 4 is 17.9 Å². The van der Waals surface area contributed by atoms with Gasteiger partial charge in [-0.2, -0.15) is 5.26 Å². The molecular formula is C12H17N3O5. The van der Waals surface area contributed by atoms with Crippen LogP contribution >= 0.6 is 0 Å². The summed E-state index contributed by atoms with van der Waals surface area (Å²) in [5.74, 6) is -1.35. The lowest BCUT2D eigenvalue weighted by molar-refractivity contribution is -0.137. The van der Waals surface area contributed by atoms with E-state index < -0.39 is 24.0 Å². The maximum absolute atomic E-state index is 11.7. The molecule has 0 aromatic rings. The molecule has 110 valence electrons. The van der Waals surface area contributed by atoms with Crippen molar-refractivity contribution in [2.45, 2.75) is 31.8 Å². The number of aliphatic carboxylic acids is 1. The Hall–Kier alpha value is -2.14. The first-order valence-corrected chi connectivity index (χ1v) is 6.34. The van der Waals surface area contributed by atoms with Crippen LogP contribution in [-0.2, 0) is 14.3 Å². The van der Waals surface area contributed by atoms with Crippen molar-refractivity contribution in [1.29, 1.82) is 5.26 Å². The van der Waals surface area contributed by atoms with Crippen molar-refractivity contribution < 1.29 is 24.2 Å². The molecular weight excluding hydrogens is 266 g/mol. The number of nitriles is 1. The topological polar surface area (TPSA) is 120 Å². The standard InChI is InChI=1S/C12H17N3O5/c13-7-9-8-15(5-6-20-9)12(19)14-10(16)3-1-2-4-11(17)18/h9H,1-6,8H2,(H,17,18)(H,14,16,19). The lowest BCUT2D eigenvalue weighted by atomic mass is 10.2. The molecule has 0 spiro atoms. The number of carboxylic acid groups (broad SMARTS) is 1. The number of carbonyl (C=O) groups excluding carboxylic acids is 2. The molecule has 1 heterocycles. The Labute approximate surface area is 116 Å². The summed E-state index contributed by atoms with van der Waals surface area (Å²) in [5.41, 5.74) is 0. The highest BCUT2D eigenvalue weighted by atomic mass is 16.5. The number of carbonyl (C=O) groups is 3. The van der Waals surface area contributed by atoms with Crippen LogP contribution in [0.4, 0.5) is 4.79 Å². The maximum Gasteiger partial charge on any atom is 0.324 e. The Kier molecular flexibility index (Phi) is 6.46. The predicted molar refractivity (Wildman–Crippen MR) is 66.6 cm³/mol. The van der Waals surface area contributed by atoms with Crippen LogP contribution in [0.3, 0.4) is 0 Å². The van der Waals surface area contributed by atoms with Gasteiger partial charge in [0.05, 0.1) is 19.2 Å². The van der Waals surface area contributed by atoms with Crippen LogP contribution in [0.5, 0.6) is 0 Å². The average Bonchev–Trinajstić information content (AvgIpc) is 2.43. The first-order valence-electron chi connectivity index (χ1n) is 6.34. The molecule has 1 unspecified atom stereocenters. The summed E-state index contributed by atoms with van der Waals surface area (Å²) < 4.78 is 5.09. The fourth-order valence-corrected chi connectivity index (χ4v) is 1.73. The third kappa shape index (κ3) is 5.67. The molecule has 1 atom stereocenters. The number of imide groups is 1. The van der Waals surface area contributed by atoms with Gasteiger partial charge in [-0.25, -0.2) is 4.79 Å². The van der Waals surface area contributed by atoms with Gasteiger partial charge in [0.1, 0.15) is 0 Å². The first-order chi connectivity index (χ1) is 9.52. The van der Waals surface area contributed by atoms with Crippen molar-refractivity contribution in [2.75, 3.05) is 19.7 Å². The number of nitrogens with zero attached hydrogens (tertiary/aromatic N) is 2. The normalized spacial score (nSPS) is 18.1. The molecule has 0 bridgehead atoms. The second-order valence-corrected chi connectivity index (χ2v) is 4.39. The van der Waals surface area contributed by atoms with Gasteiger partial charge >= 0.3 is 12.0 Å². The summed E-state index contributed by atoms with van der Waals surface area (Å²) in [4.78, 5) is 34.9. The summed E-state index contributed by atoms with van der Waals surface area (Å²) >= 11 is 0. The molecule has 0 saturated carbocycles. The van der Waals surface area contributed by atoms with Crippen LogP contribution in [0.15, 0.2) is 0 Å². The molecule has 0 radical (unpaired) electrons. The van der Waals surface area contributed by atoms with Gasteiger partial charge in [0.15, 0.2) is 6.10 Å². The van der Waals surface area contributed by atoms with E-state index in [1.807, 2.05) is 6.07 Å². The number of hydrogen-bond donors (Lipinski definition) is 2. The first kappa shape index (κ1) is 15.9. The lowest BCUT2D eigenvalue weighted by Gasteiger charge is -2.29. The molecule has 20 heavy (non-hydrogen) atoms. The minimum Gasteiger partial charge on any atom is -0.481 e. The molecule has 1 aliphatic rings. The SMILES string of the molecule is N#CC1CN(C(=O)NC(=O)CCCCC(=O)O)CCO1. The van der Waals surface area contributed by atoms with Gasteiger partial charge in [0.25, 0.3) is 0 Å². The number of nitrogens with one attached hydrogen (secondary N) is 1. The Morgan fingerprint density at radius 3 is 2.70 bits per heavy atom. The Bertz CT molecular complexity index is 418. The summed E-state index contributed by atoms with van der Waals surface area (Å²) in [7, 11) is 0. The van der Waals surface area contributed by atoms with Crippen LogP contribution in [0.25, 0.3) is 0 Å². The minimum atomic E-state index is -0.905. The van der Waals surface area contributed by atoms with E-state index in [4.69, 9.17) is 15.1 Å². The fraction of sp³-hybridized carbons (Fsp3) is 0.667. The number of amides is 3. The van der Waals surface area contributed by atoms with Crippen LogP contribution in [0.2, 0.25) is 0 Å². The zero-order chi connectivity index (χ0) is 15.0. The van der Waals surface area contributed by atoms with E-state index in [1.54, 1.807) is 0 Å². The van der Waals surface area contributed by atoms with Crippen molar-refractivity contribution in [3.8, 4) is 6.07 Å². The smallest absolute Gasteiger partial charge is 0.324 e. The minimum absolute atomic E-state index is 0.00847. The van der Waals surface area contributed by atoms with E-state index in [1.165, 1.54) is 4.90 Å². The summed E-state index contributed by atoms with van der Waals surface area (Å²) in [6, 6.07) is 1.37. The zero-order valence-corrected chi connectivity index (χ0v) is 11.0. The van der Waals surface area contributed by atoms with E-state index >= 15 is 0 Å². The molecule has 1 rings (SSSR count). The van der Waals surface area contributed by atoms with E-state index in [0.717, 1.165) is 0 Å². The number of morpholine rings is 1. The van der Waals surface area contributed by atoms with E-state index in [2.05, 4.69) is 5.32 Å². The molecule has 0 aromatic heterocycles. The van der Waals surface area contributed by atoms with Gasteiger partial charge in [-0.3, -0.25) is 14.9 Å². The number of rotatable bonds is 5. The van der Waals surface area contributed by atoms with Crippen molar-refractivity contribution in [2.24, 2.45) is 0 Å². The molecule has 8 nitrogen and oxygen atoms in total. The Balaban J connectivity index is 2.25. The van der Waals surface area contributed by atoms with Crippen molar-refractivity contribution in [3.05, 3.63) is 0 Å². The quantitative estimate of drug-likeness (QED) is 0.690. The van der Waals surface area contributed by atoms with E-state index in [-0.39, 0.29) is 26.0 Å². The van der Waals surface area contributed by atoms with Gasteiger partial charge in [-0.1, -0.05) is 0 Å². The monoisotopic (exact) mass is 283 g/mol. The summed E-state index contributed by atoms with van der Waals surface area (Å²) in [5, 5.41) is 19.4. The van der Waals surface area contributed by atoms with E-state index in [9.17, 15) is 14.4 Å². The second-order valence-electron chi connectivity index (χ2n) is 4.39. The average molecular weight is 283 g/mol. The number of carboxylic acids is 1. The highest BCUT2D eigenvalue weighted by molar-refractivity contribution is 5.94. The number of urea groups is 1. The fourth-order valence-electron chi connectivity index (χ4n) is 1.73. The van der Waals surface area contributed by atoms with Crippen LogP contribution < -0.4 is 5.32 Å². The second kappa shape index (κ2) is 8.12. The Morgan fingerprint density at radius 1 is 1.35 bits per heavy atom. The highest BCUT2D eigenvalue weighted by Gasteiger charge is 2.24. The van der Waals surface area contributed by atoms with Crippen molar-refractivity contribution in [3.63, 3.8) is 0 Å². The van der Waals surface area contributed by atoms with Gasteiger partial charge in [-0.05, 0) is 12.8 Å². The van der Waals surface area contributed by atoms with Crippen LogP contribution in [0.1, 0.15) is 25.7 Å². The molecule has 3 amide bonds. The third-order valence-corrected chi connectivity index (χ3v) is 2.79. The molecule has 1 saturated heterocycles. The van der Waals surface area contributed by atoms with Crippen molar-refractivity contribution in [1.82, 2.24) is 10.2 Å². The molecule has 2 N–H and O–H groups in total. The Morgan fingerprint density at radius 2 is 2.05 bits per heavy atom. The van der Waals surface area contributed by atoms with Crippen LogP contribution in [-0.4, -0.2) is 53.7 Å². The van der Waals surface area contributed by atoms with E-state index in [0.29, 0.717) is 19.4 Å². The molecule has 8 heteroatoms. The molecule has 1 aliphatic heterocycles. The summed E-state index contributed by atoms with van der Waals surface area (Å²) in [6.07, 6.45) is 0.250. The van der Waals surface area contributed by atoms with Gasteiger partial charge < -0.3 is 14.7 Å². The van der Waals surface area contributed by atoms with Gasteiger partial charge in [0, 0.05) is 19.4 Å². The summed E-state index contributed by atoms with van der Waals surface area (Å²) in [6.45, 7) is 0.726. The molecule has 0 aliphatic carbocycles. The number of unbranched alkanes of at least 4 members (excludes halogenated alkanes) is 1. The third-order valence-electron chi connectivity index (χ3n) is 2.79. The predicted octanol–water partition coefficient (Wildman–Crippen LogP) is 0.0920. The van der Waals surface area contributed by atoms with Gasteiger partial charge in [-0.15, -0.1) is 0 Å². The van der Waals surface area contributed by atoms with Crippen LogP contribution in [0, 0.1) is 11.3 Å².